The van der Waals surface area contributed by atoms with Crippen LogP contribution in [0.2, 0.25) is 0 Å². The van der Waals surface area contributed by atoms with Gasteiger partial charge in [0, 0.05) is 17.8 Å². The van der Waals surface area contributed by atoms with Crippen molar-refractivity contribution in [3.63, 3.8) is 0 Å². The van der Waals surface area contributed by atoms with Crippen LogP contribution in [-0.2, 0) is 19.1 Å². The predicted octanol–water partition coefficient (Wildman–Crippen LogP) is 4.35. The quantitative estimate of drug-likeness (QED) is 0.400. The van der Waals surface area contributed by atoms with Crippen LogP contribution < -0.4 is 15.4 Å². The van der Waals surface area contributed by atoms with Crippen molar-refractivity contribution in [2.75, 3.05) is 11.9 Å². The van der Waals surface area contributed by atoms with Crippen molar-refractivity contribution in [2.45, 2.75) is 107 Å². The van der Waals surface area contributed by atoms with E-state index >= 15 is 0 Å². The van der Waals surface area contributed by atoms with Gasteiger partial charge in [-0.3, -0.25) is 14.4 Å². The predicted molar refractivity (Wildman–Crippen MR) is 147 cm³/mol. The zero-order valence-corrected chi connectivity index (χ0v) is 22.9. The fourth-order valence-corrected chi connectivity index (χ4v) is 7.69. The molecule has 1 spiro atoms. The lowest BCUT2D eigenvalue weighted by Crippen LogP contribution is -2.58. The number of nitrogens with zero attached hydrogens (tertiary/aromatic N) is 1. The van der Waals surface area contributed by atoms with Gasteiger partial charge in [0.1, 0.15) is 17.4 Å². The molecule has 5 atom stereocenters. The van der Waals surface area contributed by atoms with Crippen molar-refractivity contribution < 1.29 is 23.9 Å². The summed E-state index contributed by atoms with van der Waals surface area (Å²) in [5.74, 6) is -1.14. The first kappa shape index (κ1) is 26.4. The van der Waals surface area contributed by atoms with Crippen molar-refractivity contribution in [3.05, 3.63) is 36.4 Å². The van der Waals surface area contributed by atoms with Gasteiger partial charge in [-0.15, -0.1) is 0 Å². The van der Waals surface area contributed by atoms with Crippen molar-refractivity contribution in [3.8, 4) is 5.75 Å². The molecular formula is C31H41N3O5. The molecule has 3 amide bonds. The Bertz CT molecular complexity index is 1110. The highest BCUT2D eigenvalue weighted by Gasteiger charge is 2.73. The smallest absolute Gasteiger partial charge is 0.246 e. The molecule has 1 aromatic rings. The Balaban J connectivity index is 1.28. The molecule has 4 fully saturated rings. The van der Waals surface area contributed by atoms with E-state index in [2.05, 4.69) is 10.6 Å². The van der Waals surface area contributed by atoms with E-state index in [0.717, 1.165) is 70.0 Å². The lowest BCUT2D eigenvalue weighted by Gasteiger charge is -2.37. The summed E-state index contributed by atoms with van der Waals surface area (Å²) in [6, 6.07) is 6.62. The number of benzene rings is 1. The summed E-state index contributed by atoms with van der Waals surface area (Å²) < 4.78 is 12.0. The number of amides is 3. The number of carbonyl (C=O) groups excluding carboxylic acids is 3. The lowest BCUT2D eigenvalue weighted by atomic mass is 9.74. The minimum absolute atomic E-state index is 0.00653. The average Bonchev–Trinajstić information content (AvgIpc) is 3.49. The molecule has 2 aliphatic carbocycles. The van der Waals surface area contributed by atoms with E-state index in [-0.39, 0.29) is 29.8 Å². The normalized spacial score (nSPS) is 32.6. The number of carbonyl (C=O) groups is 3. The lowest BCUT2D eigenvalue weighted by molar-refractivity contribution is -0.144. The molecule has 5 aliphatic rings. The summed E-state index contributed by atoms with van der Waals surface area (Å²) in [6.45, 7) is 2.49. The average molecular weight is 536 g/mol. The van der Waals surface area contributed by atoms with Crippen LogP contribution in [-0.4, -0.2) is 59.1 Å². The van der Waals surface area contributed by atoms with Crippen LogP contribution in [0.1, 0.15) is 77.6 Å². The molecule has 0 radical (unpaired) electrons. The largest absolute Gasteiger partial charge is 0.494 e. The van der Waals surface area contributed by atoms with Crippen molar-refractivity contribution in [1.29, 1.82) is 0 Å². The van der Waals surface area contributed by atoms with E-state index in [4.69, 9.17) is 9.47 Å². The van der Waals surface area contributed by atoms with E-state index in [0.29, 0.717) is 12.3 Å². The topological polar surface area (TPSA) is 97.0 Å². The van der Waals surface area contributed by atoms with Crippen LogP contribution in [0, 0.1) is 11.8 Å². The molecule has 2 saturated heterocycles. The summed E-state index contributed by atoms with van der Waals surface area (Å²) in [7, 11) is 0. The van der Waals surface area contributed by atoms with Gasteiger partial charge in [-0.05, 0) is 56.9 Å². The van der Waals surface area contributed by atoms with Gasteiger partial charge in [0.15, 0.2) is 0 Å². The number of nitrogens with one attached hydrogen (secondary N) is 2. The monoisotopic (exact) mass is 535 g/mol. The Hall–Kier alpha value is -2.87. The first-order valence-corrected chi connectivity index (χ1v) is 15.1. The Morgan fingerprint density at radius 2 is 1.64 bits per heavy atom. The van der Waals surface area contributed by atoms with Gasteiger partial charge < -0.3 is 25.0 Å². The van der Waals surface area contributed by atoms with Gasteiger partial charge in [0.05, 0.1) is 24.5 Å². The second kappa shape index (κ2) is 11.0. The molecule has 3 heterocycles. The van der Waals surface area contributed by atoms with Crippen molar-refractivity contribution >= 4 is 23.4 Å². The fraction of sp³-hybridized carbons (Fsp3) is 0.645. The Kier molecular flexibility index (Phi) is 7.40. The maximum absolute atomic E-state index is 14.3. The van der Waals surface area contributed by atoms with E-state index < -0.39 is 29.6 Å². The van der Waals surface area contributed by atoms with E-state index in [1.807, 2.05) is 36.1 Å². The summed E-state index contributed by atoms with van der Waals surface area (Å²) in [5, 5.41) is 6.30. The molecule has 8 nitrogen and oxygen atoms in total. The molecule has 3 aliphatic heterocycles. The molecule has 8 heteroatoms. The number of likely N-dealkylation sites (tertiary alicyclic amines) is 1. The van der Waals surface area contributed by atoms with Crippen LogP contribution in [0.4, 0.5) is 5.69 Å². The van der Waals surface area contributed by atoms with Gasteiger partial charge in [-0.1, -0.05) is 57.1 Å². The summed E-state index contributed by atoms with van der Waals surface area (Å²) in [4.78, 5) is 43.9. The highest BCUT2D eigenvalue weighted by molar-refractivity contribution is 6.03. The van der Waals surface area contributed by atoms with Crippen molar-refractivity contribution in [1.82, 2.24) is 10.2 Å². The molecular weight excluding hydrogens is 494 g/mol. The Labute approximate surface area is 230 Å². The van der Waals surface area contributed by atoms with Gasteiger partial charge >= 0.3 is 0 Å². The second-order valence-electron chi connectivity index (χ2n) is 11.9. The first-order valence-electron chi connectivity index (χ1n) is 15.1. The van der Waals surface area contributed by atoms with Crippen LogP contribution in [0.25, 0.3) is 0 Å². The Morgan fingerprint density at radius 1 is 0.974 bits per heavy atom. The SMILES string of the molecule is CCOc1ccc(NC(=O)C2C3C=CC4(O3)C2C(=O)N(C2CCCCCC2)C4C(=O)NC2CCCCC2)cc1. The summed E-state index contributed by atoms with van der Waals surface area (Å²) in [5.41, 5.74) is -0.463. The molecule has 1 aromatic carbocycles. The van der Waals surface area contributed by atoms with Gasteiger partial charge in [-0.25, -0.2) is 0 Å². The highest BCUT2D eigenvalue weighted by Crippen LogP contribution is 2.56. The van der Waals surface area contributed by atoms with E-state index in [9.17, 15) is 14.4 Å². The van der Waals surface area contributed by atoms with E-state index in [1.165, 1.54) is 6.42 Å². The second-order valence-corrected chi connectivity index (χ2v) is 11.9. The maximum atomic E-state index is 14.3. The molecule has 0 aromatic heterocycles. The molecule has 2 bridgehead atoms. The number of hydrogen-bond acceptors (Lipinski definition) is 5. The summed E-state index contributed by atoms with van der Waals surface area (Å²) in [6.07, 6.45) is 14.8. The standard InChI is InChI=1S/C31H41N3O5/c1-2-38-23-16-14-21(15-17-23)32-28(35)25-24-18-19-31(39-24)26(25)30(37)34(22-12-8-3-4-9-13-22)27(31)29(36)33-20-10-6-5-7-11-20/h14-20,22,24-27H,2-13H2,1H3,(H,32,35)(H,33,36). The minimum Gasteiger partial charge on any atom is -0.494 e. The number of fused-ring (bicyclic) bond motifs is 1. The molecule has 5 unspecified atom stereocenters. The fourth-order valence-electron chi connectivity index (χ4n) is 7.69. The number of hydrogen-bond donors (Lipinski definition) is 2. The highest BCUT2D eigenvalue weighted by atomic mass is 16.5. The van der Waals surface area contributed by atoms with Crippen LogP contribution >= 0.6 is 0 Å². The third-order valence-electron chi connectivity index (χ3n) is 9.47. The van der Waals surface area contributed by atoms with Gasteiger partial charge in [0.2, 0.25) is 17.7 Å². The van der Waals surface area contributed by atoms with E-state index in [1.54, 1.807) is 12.1 Å². The number of anilines is 1. The molecule has 2 saturated carbocycles. The zero-order valence-electron chi connectivity index (χ0n) is 22.9. The number of rotatable bonds is 7. The molecule has 6 rings (SSSR count). The molecule has 2 N–H and O–H groups in total. The van der Waals surface area contributed by atoms with Crippen molar-refractivity contribution in [2.24, 2.45) is 11.8 Å². The van der Waals surface area contributed by atoms with Crippen LogP contribution in [0.3, 0.4) is 0 Å². The maximum Gasteiger partial charge on any atom is 0.246 e. The third kappa shape index (κ3) is 4.75. The minimum atomic E-state index is -1.10. The molecule has 39 heavy (non-hydrogen) atoms. The van der Waals surface area contributed by atoms with Crippen LogP contribution in [0.5, 0.6) is 5.75 Å². The zero-order chi connectivity index (χ0) is 27.0. The van der Waals surface area contributed by atoms with Gasteiger partial charge in [-0.2, -0.15) is 0 Å². The summed E-state index contributed by atoms with van der Waals surface area (Å²) >= 11 is 0. The third-order valence-corrected chi connectivity index (χ3v) is 9.47. The first-order chi connectivity index (χ1) is 19.0. The number of ether oxygens (including phenoxy) is 2. The molecule has 210 valence electrons. The van der Waals surface area contributed by atoms with Crippen LogP contribution in [0.15, 0.2) is 36.4 Å². The Morgan fingerprint density at radius 3 is 2.33 bits per heavy atom. The van der Waals surface area contributed by atoms with Gasteiger partial charge in [0.25, 0.3) is 0 Å².